The first-order valence-electron chi connectivity index (χ1n) is 9.55. The molecular weight excluding hydrogens is 352 g/mol. The van der Waals surface area contributed by atoms with Crippen LogP contribution in [0.3, 0.4) is 0 Å². The van der Waals surface area contributed by atoms with Crippen LogP contribution in [0.4, 0.5) is 0 Å². The number of rotatable bonds is 5. The molecule has 150 valence electrons. The summed E-state index contributed by atoms with van der Waals surface area (Å²) in [5.74, 6) is 0.244. The molecule has 0 aliphatic carbocycles. The van der Waals surface area contributed by atoms with E-state index in [1.807, 2.05) is 36.4 Å². The number of ether oxygens (including phenoxy) is 1. The Morgan fingerprint density at radius 2 is 1.43 bits per heavy atom. The minimum absolute atomic E-state index is 0.0172. The van der Waals surface area contributed by atoms with E-state index in [1.165, 1.54) is 5.56 Å². The van der Waals surface area contributed by atoms with E-state index in [4.69, 9.17) is 4.74 Å². The third-order valence-electron chi connectivity index (χ3n) is 4.54. The average Bonchev–Trinajstić information content (AvgIpc) is 2.65. The van der Waals surface area contributed by atoms with E-state index in [0.29, 0.717) is 17.2 Å². The van der Waals surface area contributed by atoms with Crippen LogP contribution in [-0.2, 0) is 10.2 Å². The van der Waals surface area contributed by atoms with Crippen LogP contribution >= 0.6 is 0 Å². The first-order valence-corrected chi connectivity index (χ1v) is 9.55. The minimum Gasteiger partial charge on any atom is -0.481 e. The van der Waals surface area contributed by atoms with Gasteiger partial charge in [0, 0.05) is 5.56 Å². The summed E-state index contributed by atoms with van der Waals surface area (Å²) in [6, 6.07) is 15.0. The van der Waals surface area contributed by atoms with Crippen molar-refractivity contribution in [2.24, 2.45) is 0 Å². The van der Waals surface area contributed by atoms with Gasteiger partial charge in [-0.2, -0.15) is 0 Å². The molecule has 2 N–H and O–H groups in total. The van der Waals surface area contributed by atoms with Crippen molar-refractivity contribution in [1.29, 1.82) is 0 Å². The van der Waals surface area contributed by atoms with Gasteiger partial charge in [-0.15, -0.1) is 0 Å². The maximum Gasteiger partial charge on any atom is 0.279 e. The summed E-state index contributed by atoms with van der Waals surface area (Å²) in [6.45, 7) is 12.2. The standard InChI is InChI=1S/C23H30N2O3/c1-15(2)17-9-13-20(14-10-17)28-16(3)21(26)24-25-22(27)18-7-11-19(12-8-18)23(4,5)6/h7-16H,1-6H3,(H,24,26)(H,25,27)/t16-/m1/s1. The second-order valence-electron chi connectivity index (χ2n) is 8.25. The molecular formula is C23H30N2O3. The lowest BCUT2D eigenvalue weighted by Gasteiger charge is -2.19. The van der Waals surface area contributed by atoms with E-state index >= 15 is 0 Å². The summed E-state index contributed by atoms with van der Waals surface area (Å²) in [5.41, 5.74) is 7.68. The molecule has 1 atom stereocenters. The number of hydrazine groups is 1. The Hall–Kier alpha value is -2.82. The third-order valence-corrected chi connectivity index (χ3v) is 4.54. The van der Waals surface area contributed by atoms with Gasteiger partial charge in [0.05, 0.1) is 0 Å². The number of hydrogen-bond donors (Lipinski definition) is 2. The monoisotopic (exact) mass is 382 g/mol. The van der Waals surface area contributed by atoms with Crippen molar-refractivity contribution in [1.82, 2.24) is 10.9 Å². The molecule has 0 aliphatic rings. The summed E-state index contributed by atoms with van der Waals surface area (Å²) < 4.78 is 5.64. The van der Waals surface area contributed by atoms with Gasteiger partial charge in [-0.3, -0.25) is 20.4 Å². The van der Waals surface area contributed by atoms with Crippen molar-refractivity contribution in [3.8, 4) is 5.75 Å². The molecule has 0 heterocycles. The molecule has 0 saturated carbocycles. The smallest absolute Gasteiger partial charge is 0.279 e. The van der Waals surface area contributed by atoms with E-state index in [-0.39, 0.29) is 11.3 Å². The molecule has 0 radical (unpaired) electrons. The second kappa shape index (κ2) is 8.91. The van der Waals surface area contributed by atoms with Gasteiger partial charge >= 0.3 is 0 Å². The Kier molecular flexibility index (Phi) is 6.84. The summed E-state index contributed by atoms with van der Waals surface area (Å²) in [5, 5.41) is 0. The highest BCUT2D eigenvalue weighted by Gasteiger charge is 2.17. The van der Waals surface area contributed by atoms with Crippen LogP contribution in [0.2, 0.25) is 0 Å². The fraction of sp³-hybridized carbons (Fsp3) is 0.391. The lowest BCUT2D eigenvalue weighted by molar-refractivity contribution is -0.128. The van der Waals surface area contributed by atoms with Crippen molar-refractivity contribution >= 4 is 11.8 Å². The highest BCUT2D eigenvalue weighted by atomic mass is 16.5. The molecule has 0 aromatic heterocycles. The van der Waals surface area contributed by atoms with E-state index < -0.39 is 12.0 Å². The van der Waals surface area contributed by atoms with Crippen LogP contribution in [-0.4, -0.2) is 17.9 Å². The van der Waals surface area contributed by atoms with Crippen molar-refractivity contribution in [2.45, 2.75) is 59.0 Å². The van der Waals surface area contributed by atoms with Gasteiger partial charge in [-0.25, -0.2) is 0 Å². The van der Waals surface area contributed by atoms with Gasteiger partial charge in [-0.05, 0) is 53.6 Å². The Labute approximate surface area is 167 Å². The predicted octanol–water partition coefficient (Wildman–Crippen LogP) is 4.34. The van der Waals surface area contributed by atoms with Crippen molar-refractivity contribution in [3.05, 3.63) is 65.2 Å². The van der Waals surface area contributed by atoms with Crippen LogP contribution < -0.4 is 15.6 Å². The average molecular weight is 383 g/mol. The van der Waals surface area contributed by atoms with Crippen molar-refractivity contribution in [3.63, 3.8) is 0 Å². The maximum absolute atomic E-state index is 12.2. The van der Waals surface area contributed by atoms with E-state index in [2.05, 4.69) is 45.5 Å². The van der Waals surface area contributed by atoms with Crippen LogP contribution in [0.15, 0.2) is 48.5 Å². The molecule has 2 aromatic carbocycles. The van der Waals surface area contributed by atoms with Crippen molar-refractivity contribution in [2.75, 3.05) is 0 Å². The van der Waals surface area contributed by atoms with Crippen LogP contribution in [0.1, 0.15) is 68.9 Å². The maximum atomic E-state index is 12.2. The van der Waals surface area contributed by atoms with E-state index in [1.54, 1.807) is 19.1 Å². The van der Waals surface area contributed by atoms with Gasteiger partial charge in [0.25, 0.3) is 11.8 Å². The molecule has 2 rings (SSSR count). The summed E-state index contributed by atoms with van der Waals surface area (Å²) in [6.07, 6.45) is -0.742. The first-order chi connectivity index (χ1) is 13.1. The second-order valence-corrected chi connectivity index (χ2v) is 8.25. The summed E-state index contributed by atoms with van der Waals surface area (Å²) in [4.78, 5) is 24.4. The lowest BCUT2D eigenvalue weighted by Crippen LogP contribution is -2.47. The van der Waals surface area contributed by atoms with Gasteiger partial charge in [0.15, 0.2) is 6.10 Å². The quantitative estimate of drug-likeness (QED) is 0.756. The Morgan fingerprint density at radius 3 is 1.93 bits per heavy atom. The van der Waals surface area contributed by atoms with E-state index in [0.717, 1.165) is 5.56 Å². The Balaban J connectivity index is 1.87. The SMILES string of the molecule is CC(C)c1ccc(O[C@H](C)C(=O)NNC(=O)c2ccc(C(C)(C)C)cc2)cc1. The number of carbonyl (C=O) groups excluding carboxylic acids is 2. The highest BCUT2D eigenvalue weighted by molar-refractivity contribution is 5.95. The van der Waals surface area contributed by atoms with Gasteiger partial charge in [-0.1, -0.05) is 58.9 Å². The lowest BCUT2D eigenvalue weighted by atomic mass is 9.87. The molecule has 0 spiro atoms. The summed E-state index contributed by atoms with van der Waals surface area (Å²) in [7, 11) is 0. The first kappa shape index (κ1) is 21.5. The number of amides is 2. The van der Waals surface area contributed by atoms with Gasteiger partial charge in [0.1, 0.15) is 5.75 Å². The number of carbonyl (C=O) groups is 2. The highest BCUT2D eigenvalue weighted by Crippen LogP contribution is 2.22. The zero-order valence-corrected chi connectivity index (χ0v) is 17.5. The third kappa shape index (κ3) is 5.84. The molecule has 0 fully saturated rings. The van der Waals surface area contributed by atoms with Gasteiger partial charge in [0.2, 0.25) is 0 Å². The molecule has 0 saturated heterocycles. The molecule has 0 bridgehead atoms. The van der Waals surface area contributed by atoms with Crippen LogP contribution in [0.5, 0.6) is 5.75 Å². The fourth-order valence-corrected chi connectivity index (χ4v) is 2.60. The van der Waals surface area contributed by atoms with Crippen molar-refractivity contribution < 1.29 is 14.3 Å². The molecule has 5 nitrogen and oxygen atoms in total. The zero-order valence-electron chi connectivity index (χ0n) is 17.5. The molecule has 0 aliphatic heterocycles. The molecule has 2 amide bonds. The fourth-order valence-electron chi connectivity index (χ4n) is 2.60. The molecule has 5 heteroatoms. The molecule has 0 unspecified atom stereocenters. The van der Waals surface area contributed by atoms with Gasteiger partial charge < -0.3 is 4.74 Å². The number of benzene rings is 2. The summed E-state index contributed by atoms with van der Waals surface area (Å²) >= 11 is 0. The van der Waals surface area contributed by atoms with Crippen LogP contribution in [0, 0.1) is 0 Å². The Morgan fingerprint density at radius 1 is 0.857 bits per heavy atom. The Bertz CT molecular complexity index is 803. The number of nitrogens with one attached hydrogen (secondary N) is 2. The topological polar surface area (TPSA) is 67.4 Å². The normalized spacial score (nSPS) is 12.4. The molecule has 28 heavy (non-hydrogen) atoms. The molecule has 2 aromatic rings. The largest absolute Gasteiger partial charge is 0.481 e. The minimum atomic E-state index is -0.742. The van der Waals surface area contributed by atoms with E-state index in [9.17, 15) is 9.59 Å². The van der Waals surface area contributed by atoms with Crippen LogP contribution in [0.25, 0.3) is 0 Å². The number of hydrogen-bond acceptors (Lipinski definition) is 3. The predicted molar refractivity (Wildman–Crippen MR) is 111 cm³/mol. The zero-order chi connectivity index (χ0) is 20.9.